The number of para-hydroxylation sites is 2. The van der Waals surface area contributed by atoms with Crippen LogP contribution in [0.2, 0.25) is 0 Å². The lowest BCUT2D eigenvalue weighted by atomic mass is 9.80. The van der Waals surface area contributed by atoms with E-state index in [1.54, 1.807) is 11.0 Å². The second kappa shape index (κ2) is 12.3. The number of carbonyl (C=O) groups is 2. The summed E-state index contributed by atoms with van der Waals surface area (Å²) in [5, 5.41) is 5.02. The first kappa shape index (κ1) is 28.6. The molecule has 0 radical (unpaired) electrons. The molecule has 1 heterocycles. The number of nitrogens with zero attached hydrogens (tertiary/aromatic N) is 2. The van der Waals surface area contributed by atoms with Crippen LogP contribution in [-0.2, 0) is 19.6 Å². The van der Waals surface area contributed by atoms with Crippen molar-refractivity contribution >= 4 is 49.7 Å². The molecule has 4 aromatic rings. The number of hydrogen-bond donors (Lipinski definition) is 2. The molecule has 1 aliphatic rings. The summed E-state index contributed by atoms with van der Waals surface area (Å²) in [5.41, 5.74) is 1.53. The zero-order valence-electron chi connectivity index (χ0n) is 23.4. The van der Waals surface area contributed by atoms with Gasteiger partial charge in [0.15, 0.2) is 5.58 Å². The summed E-state index contributed by atoms with van der Waals surface area (Å²) < 4.78 is 34.4. The largest absolute Gasteiger partial charge is 0.424 e. The minimum atomic E-state index is -4.16. The number of carbonyl (C=O) groups excluding carboxylic acids is 2. The predicted octanol–water partition coefficient (Wildman–Crippen LogP) is 5.33. The van der Waals surface area contributed by atoms with E-state index in [2.05, 4.69) is 15.0 Å². The topological polar surface area (TPSA) is 122 Å². The Bertz CT molecular complexity index is 1610. The summed E-state index contributed by atoms with van der Waals surface area (Å²) >= 11 is 0. The maximum atomic E-state index is 13.5. The summed E-state index contributed by atoms with van der Waals surface area (Å²) in [5.74, 6) is -2.10. The molecular weight excluding hydrogens is 540 g/mol. The van der Waals surface area contributed by atoms with Crippen molar-refractivity contribution in [3.8, 4) is 0 Å². The average molecular weight is 577 g/mol. The van der Waals surface area contributed by atoms with Crippen molar-refractivity contribution in [2.24, 2.45) is 11.8 Å². The van der Waals surface area contributed by atoms with Crippen LogP contribution >= 0.6 is 0 Å². The number of benzene rings is 3. The quantitative estimate of drug-likeness (QED) is 0.245. The van der Waals surface area contributed by atoms with E-state index < -0.39 is 21.8 Å². The minimum Gasteiger partial charge on any atom is -0.424 e. The molecule has 41 heavy (non-hydrogen) atoms. The summed E-state index contributed by atoms with van der Waals surface area (Å²) in [6, 6.07) is 20.4. The fourth-order valence-corrected chi connectivity index (χ4v) is 6.71. The van der Waals surface area contributed by atoms with Crippen LogP contribution < -0.4 is 10.0 Å². The van der Waals surface area contributed by atoms with Crippen LogP contribution in [0.4, 0.5) is 6.01 Å². The molecular formula is C31H36N4O5S. The SMILES string of the molecule is CCN(CC)C(=O)C(C[C@H]1CC[C@H](Nc2nc3ccccc3o2)CC1)C(=O)NS(=O)(=O)c1ccc2ccccc2c1. The van der Waals surface area contributed by atoms with Crippen molar-refractivity contribution in [3.05, 3.63) is 66.7 Å². The molecule has 0 saturated heterocycles. The highest BCUT2D eigenvalue weighted by Crippen LogP contribution is 2.32. The van der Waals surface area contributed by atoms with E-state index in [1.807, 2.05) is 62.4 Å². The van der Waals surface area contributed by atoms with Crippen molar-refractivity contribution in [1.29, 1.82) is 0 Å². The number of hydrogen-bond acceptors (Lipinski definition) is 7. The van der Waals surface area contributed by atoms with Gasteiger partial charge in [0.2, 0.25) is 11.8 Å². The normalized spacial score (nSPS) is 18.2. The Morgan fingerprint density at radius 1 is 0.951 bits per heavy atom. The lowest BCUT2D eigenvalue weighted by Gasteiger charge is -2.32. The van der Waals surface area contributed by atoms with Gasteiger partial charge in [0.1, 0.15) is 11.4 Å². The number of rotatable bonds is 10. The Kier molecular flexibility index (Phi) is 8.58. The molecule has 1 aliphatic carbocycles. The highest BCUT2D eigenvalue weighted by atomic mass is 32.2. The number of oxazole rings is 1. The van der Waals surface area contributed by atoms with Gasteiger partial charge in [0, 0.05) is 19.1 Å². The fraction of sp³-hybridized carbons (Fsp3) is 0.387. The Labute approximate surface area is 240 Å². The predicted molar refractivity (Wildman–Crippen MR) is 159 cm³/mol. The second-order valence-electron chi connectivity index (χ2n) is 10.6. The maximum absolute atomic E-state index is 13.5. The third-order valence-corrected chi connectivity index (χ3v) is 9.34. The molecule has 9 nitrogen and oxygen atoms in total. The number of amides is 2. The molecule has 0 aliphatic heterocycles. The first-order chi connectivity index (χ1) is 19.8. The van der Waals surface area contributed by atoms with Crippen LogP contribution in [0.1, 0.15) is 46.0 Å². The first-order valence-corrected chi connectivity index (χ1v) is 15.7. The van der Waals surface area contributed by atoms with Gasteiger partial charge in [-0.15, -0.1) is 0 Å². The third-order valence-electron chi connectivity index (χ3n) is 7.99. The molecule has 1 saturated carbocycles. The van der Waals surface area contributed by atoms with Crippen LogP contribution in [0.15, 0.2) is 76.0 Å². The lowest BCUT2D eigenvalue weighted by molar-refractivity contribution is -0.142. The van der Waals surface area contributed by atoms with Crippen LogP contribution in [0.25, 0.3) is 21.9 Å². The van der Waals surface area contributed by atoms with Crippen molar-refractivity contribution in [1.82, 2.24) is 14.6 Å². The molecule has 1 unspecified atom stereocenters. The van der Waals surface area contributed by atoms with Crippen LogP contribution in [0.5, 0.6) is 0 Å². The van der Waals surface area contributed by atoms with Gasteiger partial charge in [-0.25, -0.2) is 13.1 Å². The fourth-order valence-electron chi connectivity index (χ4n) is 5.66. The Balaban J connectivity index is 1.26. The number of sulfonamides is 1. The van der Waals surface area contributed by atoms with Crippen molar-refractivity contribution in [2.45, 2.75) is 56.9 Å². The van der Waals surface area contributed by atoms with Crippen LogP contribution in [0, 0.1) is 11.8 Å². The van der Waals surface area contributed by atoms with Crippen LogP contribution in [-0.4, -0.2) is 49.2 Å². The molecule has 216 valence electrons. The van der Waals surface area contributed by atoms with E-state index in [1.165, 1.54) is 12.1 Å². The van der Waals surface area contributed by atoms with E-state index in [9.17, 15) is 18.0 Å². The van der Waals surface area contributed by atoms with Gasteiger partial charge in [-0.05, 0) is 86.9 Å². The third kappa shape index (κ3) is 6.53. The number of fused-ring (bicyclic) bond motifs is 2. The van der Waals surface area contributed by atoms with Gasteiger partial charge < -0.3 is 14.6 Å². The molecule has 10 heteroatoms. The highest BCUT2D eigenvalue weighted by molar-refractivity contribution is 7.90. The van der Waals surface area contributed by atoms with Gasteiger partial charge >= 0.3 is 0 Å². The second-order valence-corrected chi connectivity index (χ2v) is 12.3. The molecule has 3 aromatic carbocycles. The Morgan fingerprint density at radius 3 is 2.34 bits per heavy atom. The van der Waals surface area contributed by atoms with E-state index in [0.717, 1.165) is 47.6 Å². The van der Waals surface area contributed by atoms with Gasteiger partial charge in [-0.2, -0.15) is 4.98 Å². The average Bonchev–Trinajstić information content (AvgIpc) is 3.39. The molecule has 5 rings (SSSR count). The smallest absolute Gasteiger partial charge is 0.295 e. The number of nitrogens with one attached hydrogen (secondary N) is 2. The molecule has 2 amide bonds. The van der Waals surface area contributed by atoms with E-state index in [0.29, 0.717) is 25.5 Å². The van der Waals surface area contributed by atoms with E-state index in [-0.39, 0.29) is 22.8 Å². The van der Waals surface area contributed by atoms with Crippen LogP contribution in [0.3, 0.4) is 0 Å². The van der Waals surface area contributed by atoms with Crippen molar-refractivity contribution in [3.63, 3.8) is 0 Å². The monoisotopic (exact) mass is 576 g/mol. The van der Waals surface area contributed by atoms with E-state index in [4.69, 9.17) is 4.42 Å². The Hall–Kier alpha value is -3.92. The highest BCUT2D eigenvalue weighted by Gasteiger charge is 2.36. The van der Waals surface area contributed by atoms with Crippen molar-refractivity contribution < 1.29 is 22.4 Å². The summed E-state index contributed by atoms with van der Waals surface area (Å²) in [6.45, 7) is 4.59. The standard InChI is InChI=1S/C31H36N4O5S/c1-3-35(4-2)30(37)26(29(36)34-41(38,39)25-18-15-22-9-5-6-10-23(22)20-25)19-21-13-16-24(17-14-21)32-31-33-27-11-7-8-12-28(27)40-31/h5-12,15,18,20-21,24,26H,3-4,13-14,16-17,19H2,1-2H3,(H,32,33)(H,34,36)/t21-,24-,26?. The molecule has 1 atom stereocenters. The number of aromatic nitrogens is 1. The summed E-state index contributed by atoms with van der Waals surface area (Å²) in [7, 11) is -4.16. The molecule has 2 N–H and O–H groups in total. The summed E-state index contributed by atoms with van der Waals surface area (Å²) in [6.07, 6.45) is 3.54. The number of anilines is 1. The minimum absolute atomic E-state index is 0.00985. The molecule has 0 bridgehead atoms. The maximum Gasteiger partial charge on any atom is 0.295 e. The summed E-state index contributed by atoms with van der Waals surface area (Å²) in [4.78, 5) is 33.0. The first-order valence-electron chi connectivity index (χ1n) is 14.2. The van der Waals surface area contributed by atoms with Crippen molar-refractivity contribution in [2.75, 3.05) is 18.4 Å². The Morgan fingerprint density at radius 2 is 1.63 bits per heavy atom. The van der Waals surface area contributed by atoms with Gasteiger partial charge in [-0.1, -0.05) is 42.5 Å². The molecule has 0 spiro atoms. The zero-order valence-corrected chi connectivity index (χ0v) is 24.2. The van der Waals surface area contributed by atoms with Gasteiger partial charge in [-0.3, -0.25) is 9.59 Å². The van der Waals surface area contributed by atoms with Gasteiger partial charge in [0.25, 0.3) is 16.0 Å². The molecule has 1 fully saturated rings. The zero-order chi connectivity index (χ0) is 29.0. The van der Waals surface area contributed by atoms with E-state index >= 15 is 0 Å². The lowest BCUT2D eigenvalue weighted by Crippen LogP contribution is -2.46. The molecule has 1 aromatic heterocycles. The van der Waals surface area contributed by atoms with Gasteiger partial charge in [0.05, 0.1) is 4.90 Å².